The standard InChI is InChI=1S/C23H25N3O6S/c27-21-11-8-14-12-17(9-10-20(14)32-21)33(30,31)25-15-4-3-5-16(13-15)26-19-7-2-1-6-18(19)22(28)24-23(26)29/h8-12,15-16,25H,1-7,13H2,(H,24,28,29). The summed E-state index contributed by atoms with van der Waals surface area (Å²) < 4.78 is 35.7. The summed E-state index contributed by atoms with van der Waals surface area (Å²) in [6, 6.07) is 6.63. The lowest BCUT2D eigenvalue weighted by molar-refractivity contribution is 0.290. The minimum Gasteiger partial charge on any atom is -0.423 e. The van der Waals surface area contributed by atoms with E-state index in [2.05, 4.69) is 9.71 Å². The largest absolute Gasteiger partial charge is 0.423 e. The van der Waals surface area contributed by atoms with Crippen LogP contribution in [0.3, 0.4) is 0 Å². The molecule has 2 aliphatic rings. The lowest BCUT2D eigenvalue weighted by atomic mass is 9.89. The van der Waals surface area contributed by atoms with E-state index in [0.717, 1.165) is 31.4 Å². The minimum absolute atomic E-state index is 0.0876. The molecule has 9 nitrogen and oxygen atoms in total. The van der Waals surface area contributed by atoms with Crippen molar-refractivity contribution in [3.05, 3.63) is 72.8 Å². The van der Waals surface area contributed by atoms with E-state index in [9.17, 15) is 22.8 Å². The van der Waals surface area contributed by atoms with Crippen molar-refractivity contribution in [3.63, 3.8) is 0 Å². The smallest absolute Gasteiger partial charge is 0.336 e. The van der Waals surface area contributed by atoms with Crippen molar-refractivity contribution in [1.82, 2.24) is 14.3 Å². The van der Waals surface area contributed by atoms with Crippen molar-refractivity contribution in [1.29, 1.82) is 0 Å². The molecule has 1 saturated carbocycles. The van der Waals surface area contributed by atoms with Crippen LogP contribution in [0.4, 0.5) is 0 Å². The monoisotopic (exact) mass is 471 g/mol. The molecule has 1 fully saturated rings. The van der Waals surface area contributed by atoms with Crippen molar-refractivity contribution >= 4 is 21.0 Å². The summed E-state index contributed by atoms with van der Waals surface area (Å²) in [6.07, 6.45) is 5.87. The van der Waals surface area contributed by atoms with Crippen LogP contribution in [0, 0.1) is 0 Å². The summed E-state index contributed by atoms with van der Waals surface area (Å²) in [5, 5.41) is 0.519. The number of aromatic nitrogens is 2. The second kappa shape index (κ2) is 8.42. The number of benzene rings is 1. The normalized spacial score (nSPS) is 21.1. The molecule has 0 amide bonds. The van der Waals surface area contributed by atoms with Crippen LogP contribution < -0.4 is 21.6 Å². The van der Waals surface area contributed by atoms with Gasteiger partial charge in [0, 0.05) is 34.8 Å². The Morgan fingerprint density at radius 2 is 1.82 bits per heavy atom. The molecule has 2 aromatic heterocycles. The lowest BCUT2D eigenvalue weighted by Crippen LogP contribution is -2.43. The molecular weight excluding hydrogens is 446 g/mol. The Morgan fingerprint density at radius 1 is 1.00 bits per heavy atom. The van der Waals surface area contributed by atoms with Crippen LogP contribution in [0.15, 0.2) is 54.0 Å². The number of nitrogens with zero attached hydrogens (tertiary/aromatic N) is 1. The fourth-order valence-corrected chi connectivity index (χ4v) is 6.47. The maximum absolute atomic E-state index is 13.1. The first-order valence-electron chi connectivity index (χ1n) is 11.2. The highest BCUT2D eigenvalue weighted by atomic mass is 32.2. The van der Waals surface area contributed by atoms with E-state index in [1.807, 2.05) is 0 Å². The van der Waals surface area contributed by atoms with E-state index in [4.69, 9.17) is 4.42 Å². The molecule has 10 heteroatoms. The van der Waals surface area contributed by atoms with E-state index < -0.39 is 21.3 Å². The fraction of sp³-hybridized carbons (Fsp3) is 0.435. The Bertz CT molecular complexity index is 1500. The Morgan fingerprint density at radius 3 is 2.67 bits per heavy atom. The van der Waals surface area contributed by atoms with Crippen LogP contribution >= 0.6 is 0 Å². The molecule has 0 saturated heterocycles. The zero-order chi connectivity index (χ0) is 23.2. The summed E-state index contributed by atoms with van der Waals surface area (Å²) in [5.41, 5.74) is 0.604. The molecule has 3 aromatic rings. The van der Waals surface area contributed by atoms with Crippen molar-refractivity contribution in [2.24, 2.45) is 0 Å². The predicted molar refractivity (Wildman–Crippen MR) is 122 cm³/mol. The van der Waals surface area contributed by atoms with Gasteiger partial charge in [0.25, 0.3) is 5.56 Å². The molecule has 33 heavy (non-hydrogen) atoms. The Labute approximate surface area is 189 Å². The van der Waals surface area contributed by atoms with Crippen molar-refractivity contribution in [2.45, 2.75) is 68.3 Å². The van der Waals surface area contributed by atoms with Gasteiger partial charge in [-0.15, -0.1) is 0 Å². The topological polar surface area (TPSA) is 131 Å². The molecule has 2 N–H and O–H groups in total. The minimum atomic E-state index is -3.82. The second-order valence-corrected chi connectivity index (χ2v) is 10.6. The number of aromatic amines is 1. The Balaban J connectivity index is 1.41. The maximum Gasteiger partial charge on any atom is 0.336 e. The van der Waals surface area contributed by atoms with Gasteiger partial charge < -0.3 is 4.42 Å². The quantitative estimate of drug-likeness (QED) is 0.560. The summed E-state index contributed by atoms with van der Waals surface area (Å²) >= 11 is 0. The Hall–Kier alpha value is -2.98. The zero-order valence-electron chi connectivity index (χ0n) is 18.0. The van der Waals surface area contributed by atoms with Crippen LogP contribution in [0.5, 0.6) is 0 Å². The van der Waals surface area contributed by atoms with Gasteiger partial charge in [0.2, 0.25) is 10.0 Å². The van der Waals surface area contributed by atoms with Crippen LogP contribution in [0.2, 0.25) is 0 Å². The third-order valence-corrected chi connectivity index (χ3v) is 8.20. The van der Waals surface area contributed by atoms with E-state index in [-0.39, 0.29) is 22.5 Å². The van der Waals surface area contributed by atoms with Crippen molar-refractivity contribution in [3.8, 4) is 0 Å². The first-order chi connectivity index (χ1) is 15.8. The average Bonchev–Trinajstić information content (AvgIpc) is 2.78. The third-order valence-electron chi connectivity index (χ3n) is 6.68. The highest BCUT2D eigenvalue weighted by Gasteiger charge is 2.30. The van der Waals surface area contributed by atoms with Gasteiger partial charge in [0.05, 0.1) is 4.90 Å². The van der Waals surface area contributed by atoms with Gasteiger partial charge in [0.15, 0.2) is 0 Å². The van der Waals surface area contributed by atoms with E-state index in [1.165, 1.54) is 30.3 Å². The van der Waals surface area contributed by atoms with Crippen molar-refractivity contribution in [2.75, 3.05) is 0 Å². The number of H-pyrrole nitrogens is 1. The third kappa shape index (κ3) is 4.20. The maximum atomic E-state index is 13.1. The summed E-state index contributed by atoms with van der Waals surface area (Å²) in [7, 11) is -3.82. The van der Waals surface area contributed by atoms with Crippen molar-refractivity contribution < 1.29 is 12.8 Å². The molecule has 0 bridgehead atoms. The van der Waals surface area contributed by atoms with Gasteiger partial charge in [-0.1, -0.05) is 0 Å². The van der Waals surface area contributed by atoms with E-state index in [1.54, 1.807) is 4.57 Å². The molecule has 1 aromatic carbocycles. The molecule has 2 aliphatic carbocycles. The number of hydrogen-bond donors (Lipinski definition) is 2. The average molecular weight is 472 g/mol. The van der Waals surface area contributed by atoms with Gasteiger partial charge >= 0.3 is 11.3 Å². The summed E-state index contributed by atoms with van der Waals surface area (Å²) in [5.74, 6) is 0. The van der Waals surface area contributed by atoms with Gasteiger partial charge in [-0.3, -0.25) is 14.3 Å². The molecule has 2 heterocycles. The number of nitrogens with one attached hydrogen (secondary N) is 2. The number of hydrogen-bond acceptors (Lipinski definition) is 6. The molecule has 174 valence electrons. The van der Waals surface area contributed by atoms with Crippen LogP contribution in [0.25, 0.3) is 11.0 Å². The number of sulfonamides is 1. The molecule has 0 spiro atoms. The molecule has 0 aliphatic heterocycles. The van der Waals surface area contributed by atoms with Gasteiger partial charge in [0.1, 0.15) is 5.58 Å². The number of rotatable bonds is 4. The first-order valence-corrected chi connectivity index (χ1v) is 12.7. The lowest BCUT2D eigenvalue weighted by Gasteiger charge is -2.33. The van der Waals surface area contributed by atoms with Gasteiger partial charge in [-0.05, 0) is 75.6 Å². The molecule has 2 unspecified atom stereocenters. The first kappa shape index (κ1) is 21.8. The SMILES string of the molecule is O=c1ccc2cc(S(=O)(=O)NC3CCCC(n4c5c(c(=O)[nH]c4=O)CCCC5)C3)ccc2o1. The fourth-order valence-electron chi connectivity index (χ4n) is 5.15. The summed E-state index contributed by atoms with van der Waals surface area (Å²) in [6.45, 7) is 0. The Kier molecular flexibility index (Phi) is 5.57. The van der Waals surface area contributed by atoms with E-state index >= 15 is 0 Å². The molecule has 2 atom stereocenters. The van der Waals surface area contributed by atoms with Crippen LogP contribution in [0.1, 0.15) is 55.8 Å². The summed E-state index contributed by atoms with van der Waals surface area (Å²) in [4.78, 5) is 38.9. The van der Waals surface area contributed by atoms with Crippen LogP contribution in [-0.2, 0) is 22.9 Å². The van der Waals surface area contributed by atoms with Crippen LogP contribution in [-0.4, -0.2) is 24.0 Å². The highest BCUT2D eigenvalue weighted by molar-refractivity contribution is 7.89. The van der Waals surface area contributed by atoms with Gasteiger partial charge in [-0.25, -0.2) is 22.7 Å². The molecular formula is C23H25N3O6S. The van der Waals surface area contributed by atoms with Gasteiger partial charge in [-0.2, -0.15) is 0 Å². The molecule has 0 radical (unpaired) electrons. The number of fused-ring (bicyclic) bond motifs is 2. The zero-order valence-corrected chi connectivity index (χ0v) is 18.8. The molecule has 5 rings (SSSR count). The van der Waals surface area contributed by atoms with E-state index in [0.29, 0.717) is 42.2 Å². The second-order valence-electron chi connectivity index (χ2n) is 8.85. The highest BCUT2D eigenvalue weighted by Crippen LogP contribution is 2.31. The predicted octanol–water partition coefficient (Wildman–Crippen LogP) is 1.98.